The molecule has 0 aromatic heterocycles. The first-order valence-corrected chi connectivity index (χ1v) is 8.48. The Labute approximate surface area is 143 Å². The van der Waals surface area contributed by atoms with E-state index in [-0.39, 0.29) is 11.7 Å². The van der Waals surface area contributed by atoms with Crippen molar-refractivity contribution >= 4 is 33.5 Å². The Morgan fingerprint density at radius 2 is 1.91 bits per heavy atom. The van der Waals surface area contributed by atoms with Crippen LogP contribution in [0.2, 0.25) is 0 Å². The largest absolute Gasteiger partial charge is 0.298 e. The molecule has 2 amide bonds. The number of Topliss-reactive ketones (excluding diaryl/α,β-unsaturated/α-hetero) is 1. The van der Waals surface area contributed by atoms with Gasteiger partial charge in [-0.25, -0.2) is 0 Å². The van der Waals surface area contributed by atoms with Crippen molar-refractivity contribution in [2.75, 3.05) is 0 Å². The second-order valence-corrected chi connectivity index (χ2v) is 7.82. The number of hydrazine groups is 1. The van der Waals surface area contributed by atoms with Gasteiger partial charge in [0.2, 0.25) is 0 Å². The number of halogens is 1. The van der Waals surface area contributed by atoms with Gasteiger partial charge in [0.25, 0.3) is 11.8 Å². The lowest BCUT2D eigenvalue weighted by Gasteiger charge is -2.32. The van der Waals surface area contributed by atoms with E-state index in [0.717, 1.165) is 6.42 Å². The third-order valence-electron chi connectivity index (χ3n) is 5.40. The number of hydrogen-bond donors (Lipinski definition) is 2. The van der Waals surface area contributed by atoms with Crippen LogP contribution < -0.4 is 10.9 Å². The van der Waals surface area contributed by atoms with Crippen LogP contribution in [-0.2, 0) is 9.59 Å². The third-order valence-corrected chi connectivity index (χ3v) is 6.09. The standard InChI is InChI=1S/C17H19BrN2O3/c1-16(2)10-7-8-17(9-10,14(16)22)15(23)20-19-13(21)11-5-3-4-6-12(11)18/h3-6,10H,7-9H2,1-2H3,(H,19,21)(H,20,23). The second-order valence-electron chi connectivity index (χ2n) is 6.96. The fraction of sp³-hybridized carbons (Fsp3) is 0.471. The van der Waals surface area contributed by atoms with E-state index in [1.54, 1.807) is 24.3 Å². The number of ketones is 1. The first-order valence-electron chi connectivity index (χ1n) is 7.69. The van der Waals surface area contributed by atoms with Gasteiger partial charge in [-0.1, -0.05) is 26.0 Å². The van der Waals surface area contributed by atoms with E-state index in [2.05, 4.69) is 26.8 Å². The predicted molar refractivity (Wildman–Crippen MR) is 88.3 cm³/mol. The highest BCUT2D eigenvalue weighted by Crippen LogP contribution is 2.60. The van der Waals surface area contributed by atoms with E-state index >= 15 is 0 Å². The third kappa shape index (κ3) is 2.40. The van der Waals surface area contributed by atoms with Gasteiger partial charge < -0.3 is 0 Å². The molecule has 2 fully saturated rings. The molecule has 1 aromatic rings. The van der Waals surface area contributed by atoms with Crippen LogP contribution in [0.15, 0.2) is 28.7 Å². The molecule has 3 rings (SSSR count). The molecular weight excluding hydrogens is 360 g/mol. The molecule has 23 heavy (non-hydrogen) atoms. The lowest BCUT2D eigenvalue weighted by Crippen LogP contribution is -2.52. The summed E-state index contributed by atoms with van der Waals surface area (Å²) in [5.74, 6) is -0.564. The summed E-state index contributed by atoms with van der Waals surface area (Å²) in [5.41, 5.74) is 3.87. The first kappa shape index (κ1) is 16.2. The van der Waals surface area contributed by atoms with Crippen molar-refractivity contribution < 1.29 is 14.4 Å². The number of rotatable bonds is 2. The van der Waals surface area contributed by atoms with E-state index in [9.17, 15) is 14.4 Å². The zero-order valence-corrected chi connectivity index (χ0v) is 14.7. The van der Waals surface area contributed by atoms with Crippen molar-refractivity contribution in [2.45, 2.75) is 33.1 Å². The molecule has 0 heterocycles. The Morgan fingerprint density at radius 3 is 2.52 bits per heavy atom. The molecule has 0 radical (unpaired) electrons. The van der Waals surface area contributed by atoms with Crippen molar-refractivity contribution in [1.82, 2.24) is 10.9 Å². The molecule has 2 unspecified atom stereocenters. The van der Waals surface area contributed by atoms with E-state index in [1.807, 2.05) is 13.8 Å². The lowest BCUT2D eigenvalue weighted by molar-refractivity contribution is -0.145. The minimum Gasteiger partial charge on any atom is -0.298 e. The molecule has 2 bridgehead atoms. The fourth-order valence-corrected chi connectivity index (χ4v) is 4.39. The quantitative estimate of drug-likeness (QED) is 0.613. The van der Waals surface area contributed by atoms with Crippen LogP contribution in [0, 0.1) is 16.7 Å². The number of carbonyl (C=O) groups is 3. The van der Waals surface area contributed by atoms with Crippen molar-refractivity contribution in [3.63, 3.8) is 0 Å². The highest BCUT2D eigenvalue weighted by Gasteiger charge is 2.65. The molecule has 122 valence electrons. The summed E-state index contributed by atoms with van der Waals surface area (Å²) in [6.07, 6.45) is 2.02. The molecule has 1 aromatic carbocycles. The maximum atomic E-state index is 12.6. The molecule has 6 heteroatoms. The number of amides is 2. The molecule has 2 N–H and O–H groups in total. The highest BCUT2D eigenvalue weighted by molar-refractivity contribution is 9.10. The van der Waals surface area contributed by atoms with Gasteiger partial charge in [0.1, 0.15) is 5.41 Å². The van der Waals surface area contributed by atoms with Gasteiger partial charge in [0.15, 0.2) is 5.78 Å². The van der Waals surface area contributed by atoms with Gasteiger partial charge >= 0.3 is 0 Å². The average Bonchev–Trinajstić information content (AvgIpc) is 3.05. The van der Waals surface area contributed by atoms with Gasteiger partial charge in [-0.2, -0.15) is 0 Å². The van der Waals surface area contributed by atoms with Crippen molar-refractivity contribution in [3.8, 4) is 0 Å². The molecule has 0 saturated heterocycles. The van der Waals surface area contributed by atoms with Gasteiger partial charge in [0, 0.05) is 9.89 Å². The maximum absolute atomic E-state index is 12.6. The van der Waals surface area contributed by atoms with Crippen LogP contribution in [0.3, 0.4) is 0 Å². The Hall–Kier alpha value is -1.69. The highest BCUT2D eigenvalue weighted by atomic mass is 79.9. The van der Waals surface area contributed by atoms with Crippen LogP contribution in [0.25, 0.3) is 0 Å². The Kier molecular flexibility index (Phi) is 3.83. The number of nitrogens with one attached hydrogen (secondary N) is 2. The molecule has 0 spiro atoms. The summed E-state index contributed by atoms with van der Waals surface area (Å²) in [4.78, 5) is 37.4. The molecule has 2 aliphatic carbocycles. The minimum atomic E-state index is -0.977. The summed E-state index contributed by atoms with van der Waals surface area (Å²) in [7, 11) is 0. The topological polar surface area (TPSA) is 75.3 Å². The van der Waals surface area contributed by atoms with Gasteiger partial charge in [0.05, 0.1) is 5.56 Å². The summed E-state index contributed by atoms with van der Waals surface area (Å²) >= 11 is 3.30. The molecule has 2 saturated carbocycles. The van der Waals surface area contributed by atoms with Gasteiger partial charge in [-0.3, -0.25) is 25.2 Å². The summed E-state index contributed by atoms with van der Waals surface area (Å²) < 4.78 is 0.643. The van der Waals surface area contributed by atoms with E-state index in [4.69, 9.17) is 0 Å². The van der Waals surface area contributed by atoms with E-state index < -0.39 is 22.6 Å². The first-order chi connectivity index (χ1) is 10.8. The molecule has 5 nitrogen and oxygen atoms in total. The molecule has 2 atom stereocenters. The molecule has 0 aliphatic heterocycles. The van der Waals surface area contributed by atoms with Crippen LogP contribution in [-0.4, -0.2) is 17.6 Å². The number of fused-ring (bicyclic) bond motifs is 2. The SMILES string of the molecule is CC1(C)C(=O)C2(C(=O)NNC(=O)c3ccccc3Br)CCC1C2. The Morgan fingerprint density at radius 1 is 1.22 bits per heavy atom. The van der Waals surface area contributed by atoms with Crippen LogP contribution >= 0.6 is 15.9 Å². The predicted octanol–water partition coefficient (Wildman–Crippen LogP) is 2.61. The number of hydrogen-bond acceptors (Lipinski definition) is 3. The van der Waals surface area contributed by atoms with Crippen LogP contribution in [0.1, 0.15) is 43.5 Å². The second kappa shape index (κ2) is 5.44. The van der Waals surface area contributed by atoms with Gasteiger partial charge in [-0.05, 0) is 53.2 Å². The smallest absolute Gasteiger partial charge is 0.270 e. The maximum Gasteiger partial charge on any atom is 0.270 e. The van der Waals surface area contributed by atoms with Gasteiger partial charge in [-0.15, -0.1) is 0 Å². The molecule has 2 aliphatic rings. The zero-order valence-electron chi connectivity index (χ0n) is 13.1. The average molecular weight is 379 g/mol. The van der Waals surface area contributed by atoms with Crippen LogP contribution in [0.4, 0.5) is 0 Å². The van der Waals surface area contributed by atoms with Crippen LogP contribution in [0.5, 0.6) is 0 Å². The normalized spacial score (nSPS) is 27.8. The van der Waals surface area contributed by atoms with Crippen molar-refractivity contribution in [1.29, 1.82) is 0 Å². The van der Waals surface area contributed by atoms with Crippen molar-refractivity contribution in [3.05, 3.63) is 34.3 Å². The zero-order chi connectivity index (χ0) is 16.8. The van der Waals surface area contributed by atoms with Crippen molar-refractivity contribution in [2.24, 2.45) is 16.7 Å². The van der Waals surface area contributed by atoms with E-state index in [0.29, 0.717) is 22.9 Å². The fourth-order valence-electron chi connectivity index (χ4n) is 3.92. The number of carbonyl (C=O) groups excluding carboxylic acids is 3. The summed E-state index contributed by atoms with van der Waals surface area (Å²) in [6, 6.07) is 6.94. The lowest BCUT2D eigenvalue weighted by atomic mass is 9.70. The monoisotopic (exact) mass is 378 g/mol. The Bertz CT molecular complexity index is 701. The summed E-state index contributed by atoms with van der Waals surface area (Å²) in [5, 5.41) is 0. The Balaban J connectivity index is 1.70. The number of benzene rings is 1. The molecular formula is C17H19BrN2O3. The summed E-state index contributed by atoms with van der Waals surface area (Å²) in [6.45, 7) is 3.82. The minimum absolute atomic E-state index is 0.00566. The van der Waals surface area contributed by atoms with E-state index in [1.165, 1.54) is 0 Å².